The second-order valence-electron chi connectivity index (χ2n) is 6.89. The Morgan fingerprint density at radius 2 is 1.70 bits per heavy atom. The fourth-order valence-electron chi connectivity index (χ4n) is 2.74. The second kappa shape index (κ2) is 13.0. The molecule has 0 aromatic heterocycles. The molecule has 1 amide bonds. The summed E-state index contributed by atoms with van der Waals surface area (Å²) in [6.45, 7) is 2.18. The van der Waals surface area contributed by atoms with E-state index in [4.69, 9.17) is 27.9 Å². The molecule has 0 aliphatic rings. The maximum Gasteiger partial charge on any atom is 0.345 e. The van der Waals surface area contributed by atoms with Gasteiger partial charge < -0.3 is 4.74 Å². The van der Waals surface area contributed by atoms with Crippen LogP contribution in [0.4, 0.5) is 0 Å². The number of nitrogens with zero attached hydrogens (tertiary/aromatic N) is 1. The standard InChI is InChI=1S/C23H26Cl2N2O3/c1-2-3-4-5-6-7-8-22(28)27-26-16-17-9-12-19(13-10-17)30-23(29)20-14-11-18(24)15-21(20)25/h9-16H,2-8H2,1H3,(H,27,28). The molecule has 0 saturated carbocycles. The highest BCUT2D eigenvalue weighted by molar-refractivity contribution is 6.36. The van der Waals surface area contributed by atoms with E-state index < -0.39 is 5.97 Å². The van der Waals surface area contributed by atoms with Crippen LogP contribution in [-0.4, -0.2) is 18.1 Å². The smallest absolute Gasteiger partial charge is 0.345 e. The minimum atomic E-state index is -0.569. The minimum absolute atomic E-state index is 0.0906. The number of amides is 1. The van der Waals surface area contributed by atoms with Crippen molar-refractivity contribution in [3.63, 3.8) is 0 Å². The number of ether oxygens (including phenoxy) is 1. The van der Waals surface area contributed by atoms with E-state index in [0.29, 0.717) is 17.2 Å². The topological polar surface area (TPSA) is 67.8 Å². The lowest BCUT2D eigenvalue weighted by molar-refractivity contribution is -0.121. The molecule has 2 rings (SSSR count). The molecule has 7 heteroatoms. The number of carbonyl (C=O) groups is 2. The number of nitrogens with one attached hydrogen (secondary N) is 1. The van der Waals surface area contributed by atoms with Crippen LogP contribution >= 0.6 is 23.2 Å². The number of hydrazone groups is 1. The quantitative estimate of drug-likeness (QED) is 0.142. The van der Waals surface area contributed by atoms with Crippen molar-refractivity contribution in [2.24, 2.45) is 5.10 Å². The van der Waals surface area contributed by atoms with Gasteiger partial charge in [0.1, 0.15) is 5.75 Å². The molecule has 0 fully saturated rings. The summed E-state index contributed by atoms with van der Waals surface area (Å²) >= 11 is 11.9. The number of unbranched alkanes of at least 4 members (excludes halogenated alkanes) is 5. The van der Waals surface area contributed by atoms with Crippen LogP contribution in [0.3, 0.4) is 0 Å². The van der Waals surface area contributed by atoms with Gasteiger partial charge in [-0.05, 0) is 54.4 Å². The first-order valence-electron chi connectivity index (χ1n) is 10.1. The molecule has 0 bridgehead atoms. The maximum atomic E-state index is 12.2. The third-order valence-corrected chi connectivity index (χ3v) is 4.95. The fourth-order valence-corrected chi connectivity index (χ4v) is 3.23. The summed E-state index contributed by atoms with van der Waals surface area (Å²) in [5.74, 6) is -0.289. The van der Waals surface area contributed by atoms with Gasteiger partial charge in [-0.2, -0.15) is 5.10 Å². The van der Waals surface area contributed by atoms with Crippen molar-refractivity contribution in [2.75, 3.05) is 0 Å². The van der Waals surface area contributed by atoms with E-state index in [1.54, 1.807) is 36.5 Å². The molecule has 0 unspecified atom stereocenters. The number of benzene rings is 2. The van der Waals surface area contributed by atoms with E-state index in [1.807, 2.05) is 0 Å². The molecule has 1 N–H and O–H groups in total. The highest BCUT2D eigenvalue weighted by Crippen LogP contribution is 2.23. The van der Waals surface area contributed by atoms with Crippen molar-refractivity contribution < 1.29 is 14.3 Å². The molecule has 0 heterocycles. The molecule has 160 valence electrons. The van der Waals surface area contributed by atoms with Crippen LogP contribution in [0.2, 0.25) is 10.0 Å². The van der Waals surface area contributed by atoms with E-state index in [-0.39, 0.29) is 16.5 Å². The van der Waals surface area contributed by atoms with Gasteiger partial charge in [0.05, 0.1) is 16.8 Å². The highest BCUT2D eigenvalue weighted by atomic mass is 35.5. The molecule has 0 aliphatic carbocycles. The fraction of sp³-hybridized carbons (Fsp3) is 0.348. The van der Waals surface area contributed by atoms with Crippen LogP contribution in [0, 0.1) is 0 Å². The number of rotatable bonds is 11. The van der Waals surface area contributed by atoms with Crippen molar-refractivity contribution in [2.45, 2.75) is 51.9 Å². The van der Waals surface area contributed by atoms with Crippen molar-refractivity contribution >= 4 is 41.3 Å². The molecule has 0 atom stereocenters. The van der Waals surface area contributed by atoms with Gasteiger partial charge in [0.2, 0.25) is 5.91 Å². The van der Waals surface area contributed by atoms with Crippen molar-refractivity contribution in [1.29, 1.82) is 0 Å². The molecule has 0 saturated heterocycles. The Labute approximate surface area is 187 Å². The van der Waals surface area contributed by atoms with Crippen molar-refractivity contribution in [3.8, 4) is 5.75 Å². The van der Waals surface area contributed by atoms with Gasteiger partial charge in [0.15, 0.2) is 0 Å². The number of hydrogen-bond acceptors (Lipinski definition) is 4. The predicted molar refractivity (Wildman–Crippen MR) is 122 cm³/mol. The molecule has 0 aliphatic heterocycles. The lowest BCUT2D eigenvalue weighted by atomic mass is 10.1. The lowest BCUT2D eigenvalue weighted by Gasteiger charge is -2.06. The Bertz CT molecular complexity index is 867. The summed E-state index contributed by atoms with van der Waals surface area (Å²) in [4.78, 5) is 24.0. The Balaban J connectivity index is 1.76. The third kappa shape index (κ3) is 8.56. The average Bonchev–Trinajstić information content (AvgIpc) is 2.72. The normalized spacial score (nSPS) is 10.9. The van der Waals surface area contributed by atoms with Gasteiger partial charge in [-0.1, -0.05) is 62.2 Å². The number of esters is 1. The van der Waals surface area contributed by atoms with Gasteiger partial charge in [-0.3, -0.25) is 4.79 Å². The Kier molecular flexibility index (Phi) is 10.4. The van der Waals surface area contributed by atoms with Crippen LogP contribution in [0.5, 0.6) is 5.75 Å². The van der Waals surface area contributed by atoms with E-state index in [9.17, 15) is 9.59 Å². The molecule has 2 aromatic carbocycles. The van der Waals surface area contributed by atoms with Gasteiger partial charge in [-0.15, -0.1) is 0 Å². The predicted octanol–water partition coefficient (Wildman–Crippen LogP) is 6.41. The van der Waals surface area contributed by atoms with Crippen LogP contribution in [0.25, 0.3) is 0 Å². The Morgan fingerprint density at radius 1 is 1.00 bits per heavy atom. The summed E-state index contributed by atoms with van der Waals surface area (Å²) in [6.07, 6.45) is 8.84. The summed E-state index contributed by atoms with van der Waals surface area (Å²) in [7, 11) is 0. The third-order valence-electron chi connectivity index (χ3n) is 4.40. The van der Waals surface area contributed by atoms with Crippen LogP contribution in [0.15, 0.2) is 47.6 Å². The van der Waals surface area contributed by atoms with E-state index >= 15 is 0 Å². The number of carbonyl (C=O) groups excluding carboxylic acids is 2. The van der Waals surface area contributed by atoms with Crippen LogP contribution in [0.1, 0.15) is 67.8 Å². The lowest BCUT2D eigenvalue weighted by Crippen LogP contribution is -2.16. The monoisotopic (exact) mass is 448 g/mol. The van der Waals surface area contributed by atoms with Gasteiger partial charge >= 0.3 is 5.97 Å². The summed E-state index contributed by atoms with van der Waals surface area (Å²) in [5, 5.41) is 4.64. The summed E-state index contributed by atoms with van der Waals surface area (Å²) < 4.78 is 5.32. The molecular formula is C23H26Cl2N2O3. The molecule has 2 aromatic rings. The zero-order valence-electron chi connectivity index (χ0n) is 17.0. The van der Waals surface area contributed by atoms with E-state index in [2.05, 4.69) is 17.5 Å². The zero-order valence-corrected chi connectivity index (χ0v) is 18.5. The van der Waals surface area contributed by atoms with Crippen molar-refractivity contribution in [3.05, 3.63) is 63.6 Å². The van der Waals surface area contributed by atoms with Crippen LogP contribution in [-0.2, 0) is 4.79 Å². The Hall–Kier alpha value is -2.37. The van der Waals surface area contributed by atoms with E-state index in [1.165, 1.54) is 37.8 Å². The van der Waals surface area contributed by atoms with Gasteiger partial charge in [0.25, 0.3) is 0 Å². The zero-order chi connectivity index (χ0) is 21.8. The van der Waals surface area contributed by atoms with Gasteiger partial charge in [-0.25, -0.2) is 10.2 Å². The van der Waals surface area contributed by atoms with Crippen LogP contribution < -0.4 is 10.2 Å². The molecular weight excluding hydrogens is 423 g/mol. The SMILES string of the molecule is CCCCCCCCC(=O)NN=Cc1ccc(OC(=O)c2ccc(Cl)cc2Cl)cc1. The largest absolute Gasteiger partial charge is 0.423 e. The van der Waals surface area contributed by atoms with E-state index in [0.717, 1.165) is 18.4 Å². The average molecular weight is 449 g/mol. The molecule has 0 spiro atoms. The highest BCUT2D eigenvalue weighted by Gasteiger charge is 2.13. The number of hydrogen-bond donors (Lipinski definition) is 1. The molecule has 5 nitrogen and oxygen atoms in total. The number of halogens is 2. The summed E-state index contributed by atoms with van der Waals surface area (Å²) in [6, 6.07) is 11.3. The molecule has 0 radical (unpaired) electrons. The maximum absolute atomic E-state index is 12.2. The summed E-state index contributed by atoms with van der Waals surface area (Å²) in [5.41, 5.74) is 3.53. The first kappa shape index (κ1) is 23.9. The first-order valence-corrected chi connectivity index (χ1v) is 10.8. The van der Waals surface area contributed by atoms with Crippen molar-refractivity contribution in [1.82, 2.24) is 5.43 Å². The minimum Gasteiger partial charge on any atom is -0.423 e. The Morgan fingerprint density at radius 3 is 2.40 bits per heavy atom. The second-order valence-corrected chi connectivity index (χ2v) is 7.74. The molecule has 30 heavy (non-hydrogen) atoms. The van der Waals surface area contributed by atoms with Gasteiger partial charge in [0, 0.05) is 11.4 Å². The first-order chi connectivity index (χ1) is 14.5.